The van der Waals surface area contributed by atoms with E-state index in [1.165, 1.54) is 18.9 Å². The summed E-state index contributed by atoms with van der Waals surface area (Å²) in [7, 11) is 0. The van der Waals surface area contributed by atoms with Crippen molar-refractivity contribution in [3.05, 3.63) is 23.8 Å². The van der Waals surface area contributed by atoms with Crippen LogP contribution in [0.3, 0.4) is 0 Å². The number of carbonyl (C=O) groups excluding carboxylic acids is 5. The van der Waals surface area contributed by atoms with Crippen LogP contribution in [0.1, 0.15) is 217 Å². The number of ether oxygens (including phenoxy) is 5. The second kappa shape index (κ2) is 22.9. The summed E-state index contributed by atoms with van der Waals surface area (Å²) in [6.45, 7) is 25.3. The summed E-state index contributed by atoms with van der Waals surface area (Å²) in [5.41, 5.74) is -2.91. The summed E-state index contributed by atoms with van der Waals surface area (Å²) in [5, 5.41) is 39.6. The van der Waals surface area contributed by atoms with E-state index in [9.17, 15) is 39.3 Å². The molecular weight excluding hydrogens is 921 g/mol. The Bertz CT molecular complexity index is 2050. The second-order valence-corrected chi connectivity index (χ2v) is 25.4. The SMILES string of the molecule is CCC(C)(C)C(=O)OC1(C(C)C)CCCC1.CCC(C)(C)C(=O)OC12CC3CC(O)(CC(O)(C3)C1)C2.CCC(C)(C)C(=O)OCC(=O)OC1C2CC3CC(C2)C(=O)OC1C3.CCC(C)c1ccc(O)c(O)c1. The van der Waals surface area contributed by atoms with Crippen LogP contribution < -0.4 is 0 Å². The molecule has 8 bridgehead atoms. The van der Waals surface area contributed by atoms with Gasteiger partial charge in [0.15, 0.2) is 18.1 Å². The number of phenolic OH excluding ortho intramolecular Hbond substituents is 2. The van der Waals surface area contributed by atoms with Crippen LogP contribution in [0.2, 0.25) is 0 Å². The van der Waals surface area contributed by atoms with Gasteiger partial charge in [-0.05, 0) is 179 Å². The molecule has 14 nitrogen and oxygen atoms in total. The van der Waals surface area contributed by atoms with E-state index in [2.05, 4.69) is 27.7 Å². The average Bonchev–Trinajstić information content (AvgIpc) is 3.72. The largest absolute Gasteiger partial charge is 0.504 e. The number of benzene rings is 1. The highest BCUT2D eigenvalue weighted by atomic mass is 16.6. The number of hydrogen-bond donors (Lipinski definition) is 4. The second-order valence-electron chi connectivity index (χ2n) is 25.4. The molecule has 8 unspecified atom stereocenters. The van der Waals surface area contributed by atoms with Crippen LogP contribution in [0.15, 0.2) is 18.2 Å². The van der Waals surface area contributed by atoms with Crippen molar-refractivity contribution in [1.29, 1.82) is 0 Å². The highest BCUT2D eigenvalue weighted by Gasteiger charge is 2.65. The molecule has 8 atom stereocenters. The van der Waals surface area contributed by atoms with Crippen molar-refractivity contribution in [2.45, 2.75) is 246 Å². The molecule has 2 heterocycles. The smallest absolute Gasteiger partial charge is 0.344 e. The lowest BCUT2D eigenvalue weighted by Crippen LogP contribution is -2.67. The molecule has 9 fully saturated rings. The number of carbonyl (C=O) groups is 5. The van der Waals surface area contributed by atoms with Crippen LogP contribution in [0.5, 0.6) is 11.5 Å². The van der Waals surface area contributed by atoms with Crippen LogP contribution >= 0.6 is 0 Å². The Morgan fingerprint density at radius 1 is 0.708 bits per heavy atom. The van der Waals surface area contributed by atoms with Gasteiger partial charge in [0.25, 0.3) is 0 Å². The van der Waals surface area contributed by atoms with E-state index in [0.717, 1.165) is 82.6 Å². The Morgan fingerprint density at radius 3 is 1.78 bits per heavy atom. The third-order valence-electron chi connectivity index (χ3n) is 18.0. The van der Waals surface area contributed by atoms with Gasteiger partial charge >= 0.3 is 29.8 Å². The molecular formula is C58H92O14. The maximum absolute atomic E-state index is 12.4. The molecule has 7 saturated carbocycles. The summed E-state index contributed by atoms with van der Waals surface area (Å²) < 4.78 is 27.9. The summed E-state index contributed by atoms with van der Waals surface area (Å²) in [5.74, 6) is 0.303. The first kappa shape index (κ1) is 59.0. The average molecular weight is 1010 g/mol. The Kier molecular flexibility index (Phi) is 18.8. The molecule has 0 radical (unpaired) electrons. The van der Waals surface area contributed by atoms with Crippen LogP contribution in [0.4, 0.5) is 0 Å². The predicted octanol–water partition coefficient (Wildman–Crippen LogP) is 10.9. The van der Waals surface area contributed by atoms with Gasteiger partial charge in [0, 0.05) is 25.2 Å². The fourth-order valence-electron chi connectivity index (χ4n) is 12.2. The Morgan fingerprint density at radius 2 is 1.26 bits per heavy atom. The van der Waals surface area contributed by atoms with E-state index < -0.39 is 45.7 Å². The topological polar surface area (TPSA) is 212 Å². The fourth-order valence-corrected chi connectivity index (χ4v) is 12.2. The van der Waals surface area contributed by atoms with E-state index in [1.807, 2.05) is 54.5 Å². The van der Waals surface area contributed by atoms with Crippen molar-refractivity contribution in [3.63, 3.8) is 0 Å². The molecule has 4 N–H and O–H groups in total. The summed E-state index contributed by atoms with van der Waals surface area (Å²) >= 11 is 0. The Labute approximate surface area is 430 Å². The molecule has 408 valence electrons. The molecule has 10 rings (SSSR count). The maximum atomic E-state index is 12.4. The van der Waals surface area contributed by atoms with E-state index in [4.69, 9.17) is 28.8 Å². The molecule has 9 aliphatic rings. The lowest BCUT2D eigenvalue weighted by atomic mass is 9.50. The Balaban J connectivity index is 0.000000184. The molecule has 7 aliphatic carbocycles. The highest BCUT2D eigenvalue weighted by Crippen LogP contribution is 2.61. The van der Waals surface area contributed by atoms with E-state index in [-0.39, 0.29) is 70.9 Å². The summed E-state index contributed by atoms with van der Waals surface area (Å²) in [6, 6.07) is 4.98. The van der Waals surface area contributed by atoms with Crippen molar-refractivity contribution in [3.8, 4) is 11.5 Å². The fraction of sp³-hybridized carbons (Fsp3) is 0.810. The number of aliphatic hydroxyl groups is 2. The molecule has 72 heavy (non-hydrogen) atoms. The quantitative estimate of drug-likeness (QED) is 0.0776. The van der Waals surface area contributed by atoms with Crippen LogP contribution in [-0.4, -0.2) is 91.5 Å². The molecule has 0 amide bonds. The number of fused-ring (bicyclic) bond motifs is 1. The zero-order chi connectivity index (χ0) is 53.8. The monoisotopic (exact) mass is 1010 g/mol. The van der Waals surface area contributed by atoms with Crippen LogP contribution in [0.25, 0.3) is 0 Å². The molecule has 1 aromatic carbocycles. The van der Waals surface area contributed by atoms with Crippen LogP contribution in [-0.2, 0) is 47.7 Å². The maximum Gasteiger partial charge on any atom is 0.344 e. The van der Waals surface area contributed by atoms with Gasteiger partial charge in [-0.2, -0.15) is 0 Å². The number of hydrogen-bond acceptors (Lipinski definition) is 14. The standard InChI is InChI=1S/C18H26O6.C16H26O4.C14H26O2.C10H14O2/c1-4-18(2,3)17(21)22-9-14(19)24-15-11-5-10-6-12(8-11)16(20)23-13(15)7-10;1-4-13(2,3)12(17)20-16-7-11-5-14(18,9-16)8-15(19,6-11)10-16;1-6-13(4,5)12(15)16-14(11(2)3)9-7-8-10-14;1-3-7(2)8-4-5-9(11)10(12)6-8/h10-13,15H,4-9H2,1-3H3;11,18-19H,4-10H2,1-3H3;11H,6-10H2,1-5H3;4-7,11-12H,3H2,1-2H3. The van der Waals surface area contributed by atoms with E-state index in [1.54, 1.807) is 19.9 Å². The third kappa shape index (κ3) is 14.1. The highest BCUT2D eigenvalue weighted by molar-refractivity contribution is 5.80. The van der Waals surface area contributed by atoms with Crippen molar-refractivity contribution in [2.75, 3.05) is 6.61 Å². The molecule has 1 aromatic rings. The molecule has 14 heteroatoms. The van der Waals surface area contributed by atoms with Crippen molar-refractivity contribution in [2.24, 2.45) is 45.8 Å². The van der Waals surface area contributed by atoms with Gasteiger partial charge in [-0.15, -0.1) is 0 Å². The first-order valence-corrected chi connectivity index (χ1v) is 27.4. The number of aromatic hydroxyl groups is 2. The van der Waals surface area contributed by atoms with Gasteiger partial charge in [0.1, 0.15) is 23.4 Å². The van der Waals surface area contributed by atoms with Crippen molar-refractivity contribution in [1.82, 2.24) is 0 Å². The lowest BCUT2D eigenvalue weighted by molar-refractivity contribution is -0.264. The van der Waals surface area contributed by atoms with Gasteiger partial charge in [-0.1, -0.05) is 54.5 Å². The first-order chi connectivity index (χ1) is 33.4. The van der Waals surface area contributed by atoms with Crippen molar-refractivity contribution >= 4 is 29.8 Å². The molecule has 0 aromatic heterocycles. The first-order valence-electron chi connectivity index (χ1n) is 27.4. The molecule has 2 saturated heterocycles. The number of phenols is 2. The molecule has 2 aliphatic heterocycles. The third-order valence-corrected chi connectivity index (χ3v) is 18.0. The number of esters is 5. The van der Waals surface area contributed by atoms with E-state index >= 15 is 0 Å². The predicted molar refractivity (Wildman–Crippen MR) is 272 cm³/mol. The van der Waals surface area contributed by atoms with Gasteiger partial charge in [0.2, 0.25) is 0 Å². The lowest BCUT2D eigenvalue weighted by Gasteiger charge is -2.62. The zero-order valence-electron chi connectivity index (χ0n) is 46.2. The molecule has 0 spiro atoms. The van der Waals surface area contributed by atoms with Gasteiger partial charge in [-0.3, -0.25) is 19.2 Å². The van der Waals surface area contributed by atoms with Crippen LogP contribution in [0, 0.1) is 45.8 Å². The van der Waals surface area contributed by atoms with E-state index in [0.29, 0.717) is 43.4 Å². The summed E-state index contributed by atoms with van der Waals surface area (Å²) in [4.78, 5) is 60.6. The summed E-state index contributed by atoms with van der Waals surface area (Å²) in [6.07, 6.45) is 14.0. The minimum absolute atomic E-state index is 0.0226. The zero-order valence-corrected chi connectivity index (χ0v) is 46.2. The Hall–Kier alpha value is -3.91. The normalized spacial score (nSPS) is 31.0. The van der Waals surface area contributed by atoms with Gasteiger partial charge < -0.3 is 44.1 Å². The van der Waals surface area contributed by atoms with Gasteiger partial charge in [-0.25, -0.2) is 4.79 Å². The minimum atomic E-state index is -0.842. The number of rotatable bonds is 14. The van der Waals surface area contributed by atoms with Gasteiger partial charge in [0.05, 0.1) is 33.4 Å². The van der Waals surface area contributed by atoms with Crippen molar-refractivity contribution < 1.29 is 68.1 Å². The minimum Gasteiger partial charge on any atom is -0.504 e.